The first-order valence-electron chi connectivity index (χ1n) is 3.28. The smallest absolute Gasteiger partial charge is 0.180 e. The lowest BCUT2D eigenvalue weighted by Crippen LogP contribution is -1.99. The molecule has 1 saturated heterocycles. The first-order chi connectivity index (χ1) is 4.97. The molecule has 0 bridgehead atoms. The molecule has 0 unspecified atom stereocenters. The molecular weight excluding hydrogens is 132 g/mol. The number of rotatable bonds is 1. The summed E-state index contributed by atoms with van der Waals surface area (Å²) in [6.07, 6.45) is 1.01. The average Bonchev–Trinajstić information content (AvgIpc) is 2.59. The van der Waals surface area contributed by atoms with Crippen LogP contribution in [0.15, 0.2) is 0 Å². The van der Waals surface area contributed by atoms with E-state index in [4.69, 9.17) is 4.74 Å². The van der Waals surface area contributed by atoms with Gasteiger partial charge < -0.3 is 4.74 Å². The Balaban J connectivity index is 2.12. The van der Waals surface area contributed by atoms with Gasteiger partial charge in [-0.15, -0.1) is 10.2 Å². The fourth-order valence-electron chi connectivity index (χ4n) is 1.08. The molecule has 2 heterocycles. The van der Waals surface area contributed by atoms with E-state index < -0.39 is 0 Å². The summed E-state index contributed by atoms with van der Waals surface area (Å²) in [6, 6.07) is 0. The number of nitrogens with zero attached hydrogens (tertiary/aromatic N) is 3. The van der Waals surface area contributed by atoms with Crippen molar-refractivity contribution < 1.29 is 4.74 Å². The Morgan fingerprint density at radius 1 is 1.60 bits per heavy atom. The summed E-state index contributed by atoms with van der Waals surface area (Å²) in [7, 11) is 0. The van der Waals surface area contributed by atoms with Gasteiger partial charge in [0, 0.05) is 12.5 Å². The van der Waals surface area contributed by atoms with Gasteiger partial charge in [-0.05, 0) is 6.42 Å². The van der Waals surface area contributed by atoms with Crippen molar-refractivity contribution in [3.8, 4) is 0 Å². The maximum absolute atomic E-state index is 5.16. The summed E-state index contributed by atoms with van der Waals surface area (Å²) < 4.78 is 5.16. The molecule has 1 aromatic rings. The van der Waals surface area contributed by atoms with Crippen molar-refractivity contribution in [3.63, 3.8) is 0 Å². The van der Waals surface area contributed by atoms with Crippen molar-refractivity contribution in [3.05, 3.63) is 5.82 Å². The Morgan fingerprint density at radius 3 is 3.20 bits per heavy atom. The second kappa shape index (κ2) is 2.34. The third-order valence-corrected chi connectivity index (χ3v) is 1.66. The van der Waals surface area contributed by atoms with Crippen LogP contribution in [0.25, 0.3) is 0 Å². The van der Waals surface area contributed by atoms with E-state index in [-0.39, 0.29) is 0 Å². The number of hydrogen-bond acceptors (Lipinski definition) is 4. The lowest BCUT2D eigenvalue weighted by molar-refractivity contribution is 0.193. The van der Waals surface area contributed by atoms with Crippen LogP contribution in [-0.4, -0.2) is 33.8 Å². The minimum absolute atomic E-state index is 0.360. The molecule has 1 N–H and O–H groups in total. The molecule has 0 spiro atoms. The molecule has 0 saturated carbocycles. The number of H-pyrrole nitrogens is 1. The summed E-state index contributed by atoms with van der Waals surface area (Å²) in [6.45, 7) is 1.55. The van der Waals surface area contributed by atoms with E-state index in [1.54, 1.807) is 0 Å². The minimum atomic E-state index is 0.360. The average molecular weight is 140 g/mol. The molecule has 2 rings (SSSR count). The highest BCUT2D eigenvalue weighted by atomic mass is 16.5. The lowest BCUT2D eigenvalue weighted by Gasteiger charge is -1.96. The van der Waals surface area contributed by atoms with Crippen molar-refractivity contribution in [2.75, 3.05) is 13.2 Å². The van der Waals surface area contributed by atoms with Gasteiger partial charge in [-0.3, -0.25) is 0 Å². The predicted molar refractivity (Wildman–Crippen MR) is 32.4 cm³/mol. The molecular formula is C5H8N4O. The largest absolute Gasteiger partial charge is 0.381 e. The van der Waals surface area contributed by atoms with E-state index in [1.807, 2.05) is 0 Å². The third kappa shape index (κ3) is 0.881. The van der Waals surface area contributed by atoms with E-state index >= 15 is 0 Å². The maximum Gasteiger partial charge on any atom is 0.180 e. The molecule has 0 aliphatic carbocycles. The van der Waals surface area contributed by atoms with Crippen molar-refractivity contribution in [2.24, 2.45) is 0 Å². The standard InChI is InChI=1S/C5H8N4O/c1-2-10-3-4(1)5-6-8-9-7-5/h4H,1-3H2,(H,6,7,8,9)/t4-/m1/s1. The van der Waals surface area contributed by atoms with Crippen LogP contribution in [0.1, 0.15) is 18.2 Å². The van der Waals surface area contributed by atoms with Gasteiger partial charge in [0.05, 0.1) is 6.61 Å². The first kappa shape index (κ1) is 5.79. The fourth-order valence-corrected chi connectivity index (χ4v) is 1.08. The molecule has 1 aliphatic rings. The molecule has 0 aromatic carbocycles. The van der Waals surface area contributed by atoms with E-state index in [9.17, 15) is 0 Å². The van der Waals surface area contributed by atoms with Crippen LogP contribution in [0.5, 0.6) is 0 Å². The summed E-state index contributed by atoms with van der Waals surface area (Å²) in [5.41, 5.74) is 0. The second-order valence-corrected chi connectivity index (χ2v) is 2.33. The summed E-state index contributed by atoms with van der Waals surface area (Å²) in [5, 5.41) is 13.6. The summed E-state index contributed by atoms with van der Waals surface area (Å²) in [5.74, 6) is 1.14. The highest BCUT2D eigenvalue weighted by molar-refractivity contribution is 4.92. The Bertz CT molecular complexity index is 191. The third-order valence-electron chi connectivity index (χ3n) is 1.66. The zero-order valence-corrected chi connectivity index (χ0v) is 5.45. The monoisotopic (exact) mass is 140 g/mol. The van der Waals surface area contributed by atoms with Crippen LogP contribution in [-0.2, 0) is 4.74 Å². The van der Waals surface area contributed by atoms with Crippen LogP contribution >= 0.6 is 0 Å². The van der Waals surface area contributed by atoms with Crippen molar-refractivity contribution >= 4 is 0 Å². The molecule has 1 aromatic heterocycles. The zero-order chi connectivity index (χ0) is 6.81. The summed E-state index contributed by atoms with van der Waals surface area (Å²) >= 11 is 0. The molecule has 1 aliphatic heterocycles. The Morgan fingerprint density at radius 2 is 2.60 bits per heavy atom. The van der Waals surface area contributed by atoms with Crippen LogP contribution in [0.4, 0.5) is 0 Å². The van der Waals surface area contributed by atoms with E-state index in [2.05, 4.69) is 20.6 Å². The number of ether oxygens (including phenoxy) is 1. The number of tetrazole rings is 1. The molecule has 1 fully saturated rings. The van der Waals surface area contributed by atoms with Crippen LogP contribution in [0.2, 0.25) is 0 Å². The normalized spacial score (nSPS) is 25.4. The Kier molecular flexibility index (Phi) is 1.35. The highest BCUT2D eigenvalue weighted by Gasteiger charge is 2.20. The molecule has 0 radical (unpaired) electrons. The van der Waals surface area contributed by atoms with Crippen LogP contribution < -0.4 is 0 Å². The Hall–Kier alpha value is -0.970. The van der Waals surface area contributed by atoms with Gasteiger partial charge in [-0.1, -0.05) is 5.21 Å². The summed E-state index contributed by atoms with van der Waals surface area (Å²) in [4.78, 5) is 0. The molecule has 10 heavy (non-hydrogen) atoms. The molecule has 1 atom stereocenters. The van der Waals surface area contributed by atoms with Crippen LogP contribution in [0, 0.1) is 0 Å². The highest BCUT2D eigenvalue weighted by Crippen LogP contribution is 2.20. The number of nitrogens with one attached hydrogen (secondary N) is 1. The quantitative estimate of drug-likeness (QED) is 0.581. The van der Waals surface area contributed by atoms with Gasteiger partial charge >= 0.3 is 0 Å². The van der Waals surface area contributed by atoms with E-state index in [0.717, 1.165) is 25.5 Å². The number of aromatic nitrogens is 4. The van der Waals surface area contributed by atoms with Gasteiger partial charge in [0.25, 0.3) is 0 Å². The second-order valence-electron chi connectivity index (χ2n) is 2.33. The van der Waals surface area contributed by atoms with Gasteiger partial charge in [0.1, 0.15) is 0 Å². The van der Waals surface area contributed by atoms with E-state index in [0.29, 0.717) is 5.92 Å². The lowest BCUT2D eigenvalue weighted by atomic mass is 10.1. The first-order valence-corrected chi connectivity index (χ1v) is 3.28. The fraction of sp³-hybridized carbons (Fsp3) is 0.800. The van der Waals surface area contributed by atoms with Crippen molar-refractivity contribution in [2.45, 2.75) is 12.3 Å². The zero-order valence-electron chi connectivity index (χ0n) is 5.45. The predicted octanol–water partition coefficient (Wildman–Crippen LogP) is -0.296. The topological polar surface area (TPSA) is 63.7 Å². The minimum Gasteiger partial charge on any atom is -0.381 e. The van der Waals surface area contributed by atoms with Crippen molar-refractivity contribution in [1.29, 1.82) is 0 Å². The van der Waals surface area contributed by atoms with Crippen LogP contribution in [0.3, 0.4) is 0 Å². The van der Waals surface area contributed by atoms with Gasteiger partial charge in [0.2, 0.25) is 0 Å². The Labute approximate surface area is 57.8 Å². The van der Waals surface area contributed by atoms with Crippen molar-refractivity contribution in [1.82, 2.24) is 20.6 Å². The van der Waals surface area contributed by atoms with E-state index in [1.165, 1.54) is 0 Å². The number of hydrogen-bond donors (Lipinski definition) is 1. The molecule has 5 heteroatoms. The van der Waals surface area contributed by atoms with Gasteiger partial charge in [0.15, 0.2) is 5.82 Å². The number of aromatic amines is 1. The SMILES string of the molecule is C1C[C@@H](c2nn[nH]n2)CO1. The van der Waals surface area contributed by atoms with Gasteiger partial charge in [-0.2, -0.15) is 5.21 Å². The molecule has 54 valence electrons. The molecule has 0 amide bonds. The molecule has 5 nitrogen and oxygen atoms in total. The van der Waals surface area contributed by atoms with Gasteiger partial charge in [-0.25, -0.2) is 0 Å². The maximum atomic E-state index is 5.16.